The first-order chi connectivity index (χ1) is 6.90. The lowest BCUT2D eigenvalue weighted by Crippen LogP contribution is -2.03. The molecule has 0 aliphatic carbocycles. The van der Waals surface area contributed by atoms with Crippen LogP contribution in [0.15, 0.2) is 23.1 Å². The van der Waals surface area contributed by atoms with Gasteiger partial charge in [0.2, 0.25) is 0 Å². The van der Waals surface area contributed by atoms with Crippen molar-refractivity contribution in [3.63, 3.8) is 0 Å². The number of nitrogens with one attached hydrogen (secondary N) is 1. The second kappa shape index (κ2) is 4.71. The van der Waals surface area contributed by atoms with Crippen molar-refractivity contribution in [2.24, 2.45) is 0 Å². The molecule has 2 rings (SSSR count). The van der Waals surface area contributed by atoms with Gasteiger partial charge in [-0.3, -0.25) is 4.72 Å². The summed E-state index contributed by atoms with van der Waals surface area (Å²) in [6, 6.07) is 6.44. The molecule has 3 heteroatoms. The van der Waals surface area contributed by atoms with Gasteiger partial charge in [0.25, 0.3) is 0 Å². The number of ether oxygens (including phenoxy) is 1. The van der Waals surface area contributed by atoms with Gasteiger partial charge in [-0.15, -0.1) is 0 Å². The van der Waals surface area contributed by atoms with Crippen LogP contribution in [0.5, 0.6) is 5.75 Å². The number of rotatable bonds is 4. The summed E-state index contributed by atoms with van der Waals surface area (Å²) in [6.45, 7) is 4.05. The molecule has 2 nitrogen and oxygen atoms in total. The van der Waals surface area contributed by atoms with Crippen LogP contribution >= 0.6 is 11.9 Å². The number of hydrogen-bond acceptors (Lipinski definition) is 3. The lowest BCUT2D eigenvalue weighted by Gasteiger charge is -2.04. The van der Waals surface area contributed by atoms with E-state index in [1.54, 1.807) is 11.9 Å². The molecule has 0 bridgehead atoms. The van der Waals surface area contributed by atoms with Gasteiger partial charge in [0.05, 0.1) is 6.61 Å². The van der Waals surface area contributed by atoms with Crippen molar-refractivity contribution in [1.82, 2.24) is 4.72 Å². The van der Waals surface area contributed by atoms with Crippen molar-refractivity contribution in [1.29, 1.82) is 0 Å². The number of benzene rings is 1. The standard InChI is InChI=1S/C11H15NOS/c1-2-6-12-14-10-4-3-9-5-7-13-11(9)8-10/h3-4,8,12H,2,5-7H2,1H3. The first-order valence-corrected chi connectivity index (χ1v) is 5.87. The molecule has 14 heavy (non-hydrogen) atoms. The number of hydrogen-bond donors (Lipinski definition) is 1. The van der Waals surface area contributed by atoms with Gasteiger partial charge < -0.3 is 4.74 Å². The maximum atomic E-state index is 5.50. The second-order valence-corrected chi connectivity index (χ2v) is 4.33. The maximum Gasteiger partial charge on any atom is 0.123 e. The quantitative estimate of drug-likeness (QED) is 0.608. The molecule has 0 spiro atoms. The van der Waals surface area contributed by atoms with Crippen molar-refractivity contribution >= 4 is 11.9 Å². The third kappa shape index (κ3) is 2.22. The molecule has 1 aromatic carbocycles. The first-order valence-electron chi connectivity index (χ1n) is 5.05. The Kier molecular flexibility index (Phi) is 3.32. The van der Waals surface area contributed by atoms with Gasteiger partial charge in [0, 0.05) is 17.9 Å². The van der Waals surface area contributed by atoms with E-state index in [1.807, 2.05) is 0 Å². The van der Waals surface area contributed by atoms with Crippen molar-refractivity contribution in [2.45, 2.75) is 24.7 Å². The zero-order valence-corrected chi connectivity index (χ0v) is 9.19. The summed E-state index contributed by atoms with van der Waals surface area (Å²) in [5, 5.41) is 0. The normalized spacial score (nSPS) is 13.8. The zero-order chi connectivity index (χ0) is 9.80. The molecule has 0 unspecified atom stereocenters. The monoisotopic (exact) mass is 209 g/mol. The van der Waals surface area contributed by atoms with E-state index in [1.165, 1.54) is 10.5 Å². The molecule has 0 amide bonds. The summed E-state index contributed by atoms with van der Waals surface area (Å²) in [4.78, 5) is 1.24. The Balaban J connectivity index is 1.98. The molecule has 0 fully saturated rings. The second-order valence-electron chi connectivity index (χ2n) is 3.36. The predicted octanol–water partition coefficient (Wildman–Crippen LogP) is 2.63. The Bertz CT molecular complexity index is 314. The minimum atomic E-state index is 0.839. The van der Waals surface area contributed by atoms with E-state index in [4.69, 9.17) is 4.74 Å². The maximum absolute atomic E-state index is 5.50. The Morgan fingerprint density at radius 3 is 3.29 bits per heavy atom. The van der Waals surface area contributed by atoms with Crippen molar-refractivity contribution < 1.29 is 4.74 Å². The van der Waals surface area contributed by atoms with E-state index >= 15 is 0 Å². The molecular formula is C11H15NOS. The van der Waals surface area contributed by atoms with E-state index in [2.05, 4.69) is 29.8 Å². The molecule has 1 aliphatic rings. The van der Waals surface area contributed by atoms with E-state index < -0.39 is 0 Å². The Hall–Kier alpha value is -0.670. The molecule has 1 N–H and O–H groups in total. The van der Waals surface area contributed by atoms with E-state index in [0.717, 1.165) is 31.7 Å². The summed E-state index contributed by atoms with van der Waals surface area (Å²) < 4.78 is 8.81. The van der Waals surface area contributed by atoms with Gasteiger partial charge in [0.1, 0.15) is 5.75 Å². The molecule has 0 atom stereocenters. The molecule has 0 radical (unpaired) electrons. The van der Waals surface area contributed by atoms with Gasteiger partial charge in [-0.2, -0.15) is 0 Å². The summed E-state index contributed by atoms with van der Waals surface area (Å²) in [5.74, 6) is 1.06. The van der Waals surface area contributed by atoms with Crippen LogP contribution in [0, 0.1) is 0 Å². The highest BCUT2D eigenvalue weighted by molar-refractivity contribution is 7.97. The SMILES string of the molecule is CCCNSc1ccc2c(c1)OCC2. The minimum absolute atomic E-state index is 0.839. The van der Waals surface area contributed by atoms with Crippen molar-refractivity contribution in [2.75, 3.05) is 13.2 Å². The van der Waals surface area contributed by atoms with E-state index in [0.29, 0.717) is 0 Å². The lowest BCUT2D eigenvalue weighted by atomic mass is 10.2. The fourth-order valence-corrected chi connectivity index (χ4v) is 2.22. The third-order valence-electron chi connectivity index (χ3n) is 2.21. The van der Waals surface area contributed by atoms with Gasteiger partial charge in [0.15, 0.2) is 0 Å². The minimum Gasteiger partial charge on any atom is -0.493 e. The fourth-order valence-electron chi connectivity index (χ4n) is 1.45. The fraction of sp³-hybridized carbons (Fsp3) is 0.455. The Labute approximate surface area is 89.2 Å². The highest BCUT2D eigenvalue weighted by atomic mass is 32.2. The highest BCUT2D eigenvalue weighted by Gasteiger charge is 2.11. The van der Waals surface area contributed by atoms with Gasteiger partial charge in [-0.25, -0.2) is 0 Å². The molecule has 76 valence electrons. The van der Waals surface area contributed by atoms with Crippen LogP contribution in [0.2, 0.25) is 0 Å². The zero-order valence-electron chi connectivity index (χ0n) is 8.38. The van der Waals surface area contributed by atoms with Crippen LogP contribution in [0.3, 0.4) is 0 Å². The van der Waals surface area contributed by atoms with Crippen molar-refractivity contribution in [3.05, 3.63) is 23.8 Å². The van der Waals surface area contributed by atoms with Crippen LogP contribution in [0.4, 0.5) is 0 Å². The summed E-state index contributed by atoms with van der Waals surface area (Å²) in [6.07, 6.45) is 2.22. The number of fused-ring (bicyclic) bond motifs is 1. The van der Waals surface area contributed by atoms with Gasteiger partial charge in [-0.1, -0.05) is 13.0 Å². The highest BCUT2D eigenvalue weighted by Crippen LogP contribution is 2.29. The van der Waals surface area contributed by atoms with Crippen LogP contribution in [-0.2, 0) is 6.42 Å². The summed E-state index contributed by atoms with van der Waals surface area (Å²) >= 11 is 1.68. The first kappa shape index (κ1) is 9.87. The smallest absolute Gasteiger partial charge is 0.123 e. The topological polar surface area (TPSA) is 21.3 Å². The third-order valence-corrected chi connectivity index (χ3v) is 3.05. The van der Waals surface area contributed by atoms with Crippen LogP contribution in [0.25, 0.3) is 0 Å². The lowest BCUT2D eigenvalue weighted by molar-refractivity contribution is 0.356. The molecule has 1 heterocycles. The van der Waals surface area contributed by atoms with Crippen LogP contribution in [-0.4, -0.2) is 13.2 Å². The molecule has 0 aromatic heterocycles. The molecular weight excluding hydrogens is 194 g/mol. The van der Waals surface area contributed by atoms with Crippen LogP contribution < -0.4 is 9.46 Å². The largest absolute Gasteiger partial charge is 0.493 e. The van der Waals surface area contributed by atoms with E-state index in [9.17, 15) is 0 Å². The molecule has 0 saturated heterocycles. The average Bonchev–Trinajstić information content (AvgIpc) is 2.65. The van der Waals surface area contributed by atoms with Gasteiger partial charge >= 0.3 is 0 Å². The van der Waals surface area contributed by atoms with Crippen molar-refractivity contribution in [3.8, 4) is 5.75 Å². The summed E-state index contributed by atoms with van der Waals surface area (Å²) in [7, 11) is 0. The predicted molar refractivity (Wildman–Crippen MR) is 59.8 cm³/mol. The van der Waals surface area contributed by atoms with E-state index in [-0.39, 0.29) is 0 Å². The summed E-state index contributed by atoms with van der Waals surface area (Å²) in [5.41, 5.74) is 1.34. The van der Waals surface area contributed by atoms with Crippen LogP contribution in [0.1, 0.15) is 18.9 Å². The molecule has 1 aromatic rings. The average molecular weight is 209 g/mol. The van der Waals surface area contributed by atoms with Gasteiger partial charge in [-0.05, 0) is 36.1 Å². The Morgan fingerprint density at radius 1 is 1.50 bits per heavy atom. The Morgan fingerprint density at radius 2 is 2.43 bits per heavy atom. The molecule has 0 saturated carbocycles. The molecule has 1 aliphatic heterocycles.